The largest absolute Gasteiger partial charge is 0.489 e. The Morgan fingerprint density at radius 2 is 1.71 bits per heavy atom. The van der Waals surface area contributed by atoms with Gasteiger partial charge in [0, 0.05) is 11.1 Å². The molecular weight excluding hydrogens is 380 g/mol. The fraction of sp³-hybridized carbons (Fsp3) is 0.250. The van der Waals surface area contributed by atoms with Gasteiger partial charge in [0.2, 0.25) is 6.33 Å². The van der Waals surface area contributed by atoms with Crippen LogP contribution < -0.4 is 9.30 Å². The summed E-state index contributed by atoms with van der Waals surface area (Å²) in [7, 11) is 0. The molecule has 0 saturated heterocycles. The SMILES string of the molecule is CC(C)(C)c1ccc2c(c1)C(Cn1c[n+](Cc3ccccc3)c3ccccc31)=CCO2. The van der Waals surface area contributed by atoms with Crippen LogP contribution in [0, 0.1) is 0 Å². The van der Waals surface area contributed by atoms with E-state index in [2.05, 4.69) is 115 Å². The number of ether oxygens (including phenoxy) is 1. The summed E-state index contributed by atoms with van der Waals surface area (Å²) in [5, 5.41) is 0. The van der Waals surface area contributed by atoms with Crippen LogP contribution in [0.3, 0.4) is 0 Å². The van der Waals surface area contributed by atoms with E-state index in [4.69, 9.17) is 4.74 Å². The number of allylic oxidation sites excluding steroid dienone is 1. The first kappa shape index (κ1) is 19.6. The first-order chi connectivity index (χ1) is 15.0. The third kappa shape index (κ3) is 3.88. The van der Waals surface area contributed by atoms with Crippen LogP contribution in [0.1, 0.15) is 37.5 Å². The molecule has 0 bridgehead atoms. The Balaban J connectivity index is 1.53. The second-order valence-electron chi connectivity index (χ2n) is 9.35. The first-order valence-electron chi connectivity index (χ1n) is 11.0. The number of aromatic nitrogens is 2. The van der Waals surface area contributed by atoms with Crippen LogP contribution in [0.25, 0.3) is 16.6 Å². The second-order valence-corrected chi connectivity index (χ2v) is 9.35. The van der Waals surface area contributed by atoms with Crippen LogP contribution in [0.15, 0.2) is 85.2 Å². The number of hydrogen-bond acceptors (Lipinski definition) is 1. The Labute approximate surface area is 184 Å². The van der Waals surface area contributed by atoms with E-state index in [1.54, 1.807) is 0 Å². The Hall–Kier alpha value is -3.33. The zero-order valence-electron chi connectivity index (χ0n) is 18.5. The molecule has 0 fully saturated rings. The third-order valence-corrected chi connectivity index (χ3v) is 6.08. The number of hydrogen-bond donors (Lipinski definition) is 0. The second kappa shape index (κ2) is 7.73. The van der Waals surface area contributed by atoms with Crippen molar-refractivity contribution >= 4 is 16.6 Å². The van der Waals surface area contributed by atoms with Crippen LogP contribution in [-0.4, -0.2) is 11.2 Å². The molecule has 1 aliphatic rings. The van der Waals surface area contributed by atoms with Gasteiger partial charge in [-0.05, 0) is 46.9 Å². The number of fused-ring (bicyclic) bond motifs is 2. The van der Waals surface area contributed by atoms with E-state index in [1.165, 1.54) is 33.3 Å². The number of imidazole rings is 1. The van der Waals surface area contributed by atoms with Crippen LogP contribution in [0.2, 0.25) is 0 Å². The van der Waals surface area contributed by atoms with Crippen LogP contribution >= 0.6 is 0 Å². The summed E-state index contributed by atoms with van der Waals surface area (Å²) in [5.41, 5.74) is 7.78. The van der Waals surface area contributed by atoms with Crippen molar-refractivity contribution in [2.75, 3.05) is 6.61 Å². The van der Waals surface area contributed by atoms with Crippen LogP contribution in [0.5, 0.6) is 5.75 Å². The maximum absolute atomic E-state index is 5.94. The van der Waals surface area contributed by atoms with Crippen molar-refractivity contribution in [1.29, 1.82) is 0 Å². The lowest BCUT2D eigenvalue weighted by atomic mass is 9.85. The zero-order chi connectivity index (χ0) is 21.4. The van der Waals surface area contributed by atoms with Crippen molar-refractivity contribution in [3.63, 3.8) is 0 Å². The summed E-state index contributed by atoms with van der Waals surface area (Å²) in [4.78, 5) is 0. The van der Waals surface area contributed by atoms with Gasteiger partial charge in [-0.1, -0.05) is 69.3 Å². The highest BCUT2D eigenvalue weighted by Gasteiger charge is 2.23. The quantitative estimate of drug-likeness (QED) is 0.393. The Bertz CT molecular complexity index is 1260. The minimum absolute atomic E-state index is 0.108. The molecule has 0 unspecified atom stereocenters. The molecule has 4 aromatic rings. The van der Waals surface area contributed by atoms with E-state index in [-0.39, 0.29) is 5.41 Å². The topological polar surface area (TPSA) is 18.0 Å². The zero-order valence-corrected chi connectivity index (χ0v) is 18.5. The van der Waals surface area contributed by atoms with Gasteiger partial charge in [-0.15, -0.1) is 0 Å². The standard InChI is InChI=1S/C28H29N2O/c1-28(2,3)23-13-14-27-24(17-23)22(15-16-31-27)19-30-20-29(18-21-9-5-4-6-10-21)25-11-7-8-12-26(25)30/h4-15,17,20H,16,18-19H2,1-3H3/q+1. The normalized spacial score (nSPS) is 13.6. The van der Waals surface area contributed by atoms with Gasteiger partial charge in [-0.25, -0.2) is 9.13 Å². The van der Waals surface area contributed by atoms with E-state index in [9.17, 15) is 0 Å². The lowest BCUT2D eigenvalue weighted by Crippen LogP contribution is -2.32. The van der Waals surface area contributed by atoms with Gasteiger partial charge in [-0.2, -0.15) is 0 Å². The monoisotopic (exact) mass is 409 g/mol. The summed E-state index contributed by atoms with van der Waals surface area (Å²) in [6, 6.07) is 25.9. The van der Waals surface area contributed by atoms with Gasteiger partial charge in [0.1, 0.15) is 25.4 Å². The molecule has 1 aliphatic heterocycles. The molecule has 3 aromatic carbocycles. The molecule has 0 N–H and O–H groups in total. The van der Waals surface area contributed by atoms with Crippen molar-refractivity contribution in [1.82, 2.24) is 4.57 Å². The van der Waals surface area contributed by atoms with Crippen molar-refractivity contribution in [2.45, 2.75) is 39.3 Å². The van der Waals surface area contributed by atoms with Gasteiger partial charge in [0.25, 0.3) is 0 Å². The lowest BCUT2D eigenvalue weighted by molar-refractivity contribution is -0.663. The van der Waals surface area contributed by atoms with Crippen molar-refractivity contribution in [3.8, 4) is 5.75 Å². The van der Waals surface area contributed by atoms with E-state index in [0.717, 1.165) is 18.8 Å². The summed E-state index contributed by atoms with van der Waals surface area (Å²) in [6.45, 7) is 9.09. The molecule has 0 spiro atoms. The first-order valence-corrected chi connectivity index (χ1v) is 11.0. The lowest BCUT2D eigenvalue weighted by Gasteiger charge is -2.24. The highest BCUT2D eigenvalue weighted by atomic mass is 16.5. The Morgan fingerprint density at radius 1 is 0.935 bits per heavy atom. The number of rotatable bonds is 4. The van der Waals surface area contributed by atoms with Gasteiger partial charge in [0.05, 0.1) is 0 Å². The fourth-order valence-electron chi connectivity index (χ4n) is 4.32. The number of para-hydroxylation sites is 2. The van der Waals surface area contributed by atoms with Crippen molar-refractivity contribution < 1.29 is 9.30 Å². The molecule has 31 heavy (non-hydrogen) atoms. The van der Waals surface area contributed by atoms with Gasteiger partial charge in [0.15, 0.2) is 11.0 Å². The number of benzene rings is 3. The highest BCUT2D eigenvalue weighted by molar-refractivity contribution is 5.76. The summed E-state index contributed by atoms with van der Waals surface area (Å²) >= 11 is 0. The number of nitrogens with zero attached hydrogens (tertiary/aromatic N) is 2. The Kier molecular flexibility index (Phi) is 4.90. The maximum atomic E-state index is 5.94. The molecule has 0 radical (unpaired) electrons. The fourth-order valence-corrected chi connectivity index (χ4v) is 4.32. The molecule has 0 saturated carbocycles. The van der Waals surface area contributed by atoms with Gasteiger partial charge < -0.3 is 4.74 Å². The summed E-state index contributed by atoms with van der Waals surface area (Å²) < 4.78 is 10.6. The molecule has 3 nitrogen and oxygen atoms in total. The average molecular weight is 410 g/mol. The molecule has 0 amide bonds. The highest BCUT2D eigenvalue weighted by Crippen LogP contribution is 2.35. The smallest absolute Gasteiger partial charge is 0.245 e. The van der Waals surface area contributed by atoms with Crippen molar-refractivity contribution in [3.05, 3.63) is 102 Å². The molecule has 3 heteroatoms. The van der Waals surface area contributed by atoms with Crippen LogP contribution in [0.4, 0.5) is 0 Å². The maximum Gasteiger partial charge on any atom is 0.245 e. The van der Waals surface area contributed by atoms with Crippen LogP contribution in [-0.2, 0) is 18.5 Å². The Morgan fingerprint density at radius 3 is 2.52 bits per heavy atom. The molecule has 0 aliphatic carbocycles. The third-order valence-electron chi connectivity index (χ3n) is 6.08. The van der Waals surface area contributed by atoms with E-state index in [1.807, 2.05) is 0 Å². The molecule has 1 aromatic heterocycles. The average Bonchev–Trinajstić information content (AvgIpc) is 3.11. The minimum Gasteiger partial charge on any atom is -0.489 e. The van der Waals surface area contributed by atoms with Gasteiger partial charge in [-0.3, -0.25) is 0 Å². The van der Waals surface area contributed by atoms with Crippen molar-refractivity contribution in [2.24, 2.45) is 0 Å². The predicted octanol–water partition coefficient (Wildman–Crippen LogP) is 5.75. The van der Waals surface area contributed by atoms with E-state index >= 15 is 0 Å². The molecule has 156 valence electrons. The summed E-state index contributed by atoms with van der Waals surface area (Å²) in [5.74, 6) is 0.985. The van der Waals surface area contributed by atoms with Gasteiger partial charge >= 0.3 is 0 Å². The summed E-state index contributed by atoms with van der Waals surface area (Å²) in [6.07, 6.45) is 4.48. The minimum atomic E-state index is 0.108. The predicted molar refractivity (Wildman–Crippen MR) is 126 cm³/mol. The molecule has 5 rings (SSSR count). The van der Waals surface area contributed by atoms with E-state index in [0.29, 0.717) is 6.61 Å². The molecular formula is C28H29N2O+. The molecule has 2 heterocycles. The van der Waals surface area contributed by atoms with E-state index < -0.39 is 0 Å². The molecule has 0 atom stereocenters.